The summed E-state index contributed by atoms with van der Waals surface area (Å²) in [5.41, 5.74) is 2.39. The van der Waals surface area contributed by atoms with E-state index in [4.69, 9.17) is 9.15 Å². The normalized spacial score (nSPS) is 14.6. The zero-order chi connectivity index (χ0) is 23.0. The maximum absolute atomic E-state index is 12.6. The lowest BCUT2D eigenvalue weighted by molar-refractivity contribution is -0.118. The molecule has 0 atom stereocenters. The van der Waals surface area contributed by atoms with E-state index in [0.717, 1.165) is 50.1 Å². The summed E-state index contributed by atoms with van der Waals surface area (Å²) in [7, 11) is 0. The first-order valence-corrected chi connectivity index (χ1v) is 12.3. The van der Waals surface area contributed by atoms with Crippen molar-refractivity contribution in [3.05, 3.63) is 53.8 Å². The highest BCUT2D eigenvalue weighted by atomic mass is 32.2. The standard InChI is InChI=1S/C24H31N5O3S/c1-18(2)15-29-23(21-8-5-11-32-21)26-27-24(29)33-17-22(30)25-14-19-6-3-4-7-20(19)16-28-9-12-31-13-10-28/h3-8,11,18H,9-10,12-17H2,1-2H3,(H,25,30). The minimum Gasteiger partial charge on any atom is -0.461 e. The lowest BCUT2D eigenvalue weighted by Gasteiger charge is -2.27. The molecule has 4 rings (SSSR count). The van der Waals surface area contributed by atoms with E-state index in [2.05, 4.69) is 52.5 Å². The van der Waals surface area contributed by atoms with Crippen LogP contribution in [0.5, 0.6) is 0 Å². The smallest absolute Gasteiger partial charge is 0.230 e. The zero-order valence-corrected chi connectivity index (χ0v) is 20.0. The lowest BCUT2D eigenvalue weighted by atomic mass is 10.1. The van der Waals surface area contributed by atoms with Crippen molar-refractivity contribution in [2.24, 2.45) is 5.92 Å². The first-order chi connectivity index (χ1) is 16.1. The second-order valence-electron chi connectivity index (χ2n) is 8.51. The van der Waals surface area contributed by atoms with E-state index >= 15 is 0 Å². The number of thioether (sulfide) groups is 1. The van der Waals surface area contributed by atoms with Gasteiger partial charge in [-0.3, -0.25) is 14.3 Å². The van der Waals surface area contributed by atoms with Gasteiger partial charge in [-0.1, -0.05) is 49.9 Å². The predicted molar refractivity (Wildman–Crippen MR) is 128 cm³/mol. The van der Waals surface area contributed by atoms with Gasteiger partial charge >= 0.3 is 0 Å². The molecule has 3 aromatic rings. The fraction of sp³-hybridized carbons (Fsp3) is 0.458. The van der Waals surface area contributed by atoms with Crippen LogP contribution in [0.1, 0.15) is 25.0 Å². The third kappa shape index (κ3) is 6.46. The molecule has 0 bridgehead atoms. The molecule has 2 aromatic heterocycles. The zero-order valence-electron chi connectivity index (χ0n) is 19.2. The molecular formula is C24H31N5O3S. The largest absolute Gasteiger partial charge is 0.461 e. The highest BCUT2D eigenvalue weighted by Gasteiger charge is 2.18. The molecular weight excluding hydrogens is 438 g/mol. The number of morpholine rings is 1. The Hall–Kier alpha value is -2.62. The lowest BCUT2D eigenvalue weighted by Crippen LogP contribution is -2.36. The minimum absolute atomic E-state index is 0.0279. The maximum atomic E-state index is 12.6. The van der Waals surface area contributed by atoms with Crippen molar-refractivity contribution in [3.63, 3.8) is 0 Å². The number of benzene rings is 1. The molecule has 1 aromatic carbocycles. The molecule has 0 unspecified atom stereocenters. The number of amides is 1. The molecule has 1 aliphatic heterocycles. The van der Waals surface area contributed by atoms with Crippen molar-refractivity contribution >= 4 is 17.7 Å². The highest BCUT2D eigenvalue weighted by molar-refractivity contribution is 7.99. The number of nitrogens with one attached hydrogen (secondary N) is 1. The van der Waals surface area contributed by atoms with Gasteiger partial charge in [0.15, 0.2) is 16.7 Å². The summed E-state index contributed by atoms with van der Waals surface area (Å²) in [6.07, 6.45) is 1.63. The number of hydrogen-bond acceptors (Lipinski definition) is 7. The number of furan rings is 1. The van der Waals surface area contributed by atoms with Crippen LogP contribution in [0.25, 0.3) is 11.6 Å². The summed E-state index contributed by atoms with van der Waals surface area (Å²) < 4.78 is 13.0. The van der Waals surface area contributed by atoms with E-state index in [0.29, 0.717) is 24.0 Å². The molecule has 1 amide bonds. The number of rotatable bonds is 10. The van der Waals surface area contributed by atoms with Crippen LogP contribution in [0.4, 0.5) is 0 Å². The van der Waals surface area contributed by atoms with E-state index < -0.39 is 0 Å². The summed E-state index contributed by atoms with van der Waals surface area (Å²) in [6, 6.07) is 12.0. The Morgan fingerprint density at radius 2 is 1.91 bits per heavy atom. The fourth-order valence-electron chi connectivity index (χ4n) is 3.77. The van der Waals surface area contributed by atoms with Crippen molar-refractivity contribution < 1.29 is 13.9 Å². The van der Waals surface area contributed by atoms with Gasteiger partial charge in [0, 0.05) is 32.7 Å². The van der Waals surface area contributed by atoms with Crippen LogP contribution in [0, 0.1) is 5.92 Å². The maximum Gasteiger partial charge on any atom is 0.230 e. The Labute approximate surface area is 198 Å². The first-order valence-electron chi connectivity index (χ1n) is 11.3. The van der Waals surface area contributed by atoms with Gasteiger partial charge < -0.3 is 14.5 Å². The first kappa shape index (κ1) is 23.5. The summed E-state index contributed by atoms with van der Waals surface area (Å²) in [5.74, 6) is 2.02. The Morgan fingerprint density at radius 3 is 2.64 bits per heavy atom. The van der Waals surface area contributed by atoms with Crippen LogP contribution < -0.4 is 5.32 Å². The van der Waals surface area contributed by atoms with Crippen LogP contribution in [0.2, 0.25) is 0 Å². The third-order valence-corrected chi connectivity index (χ3v) is 6.40. The van der Waals surface area contributed by atoms with Crippen molar-refractivity contribution in [1.29, 1.82) is 0 Å². The van der Waals surface area contributed by atoms with Crippen molar-refractivity contribution in [2.45, 2.75) is 38.6 Å². The molecule has 33 heavy (non-hydrogen) atoms. The van der Waals surface area contributed by atoms with Crippen LogP contribution in [0.15, 0.2) is 52.2 Å². The van der Waals surface area contributed by atoms with Crippen LogP contribution in [-0.2, 0) is 29.2 Å². The average molecular weight is 470 g/mol. The summed E-state index contributed by atoms with van der Waals surface area (Å²) in [5, 5.41) is 12.4. The second kappa shape index (κ2) is 11.5. The summed E-state index contributed by atoms with van der Waals surface area (Å²) in [6.45, 7) is 9.85. The molecule has 1 fully saturated rings. The number of hydrogen-bond donors (Lipinski definition) is 1. The summed E-state index contributed by atoms with van der Waals surface area (Å²) >= 11 is 1.40. The van der Waals surface area contributed by atoms with Gasteiger partial charge in [-0.25, -0.2) is 0 Å². The second-order valence-corrected chi connectivity index (χ2v) is 9.45. The van der Waals surface area contributed by atoms with E-state index in [1.54, 1.807) is 6.26 Å². The Kier molecular flexibility index (Phi) is 8.20. The Morgan fingerprint density at radius 1 is 1.12 bits per heavy atom. The van der Waals surface area contributed by atoms with Crippen molar-refractivity contribution in [1.82, 2.24) is 25.0 Å². The molecule has 3 heterocycles. The van der Waals surface area contributed by atoms with Gasteiger partial charge in [-0.2, -0.15) is 0 Å². The van der Waals surface area contributed by atoms with Crippen LogP contribution in [0.3, 0.4) is 0 Å². The number of carbonyl (C=O) groups is 1. The highest BCUT2D eigenvalue weighted by Crippen LogP contribution is 2.25. The third-order valence-electron chi connectivity index (χ3n) is 5.43. The molecule has 9 heteroatoms. The number of aromatic nitrogens is 3. The quantitative estimate of drug-likeness (QED) is 0.455. The number of ether oxygens (including phenoxy) is 1. The fourth-order valence-corrected chi connectivity index (χ4v) is 4.55. The molecule has 0 radical (unpaired) electrons. The number of carbonyl (C=O) groups excluding carboxylic acids is 1. The van der Waals surface area contributed by atoms with Crippen molar-refractivity contribution in [2.75, 3.05) is 32.1 Å². The SMILES string of the molecule is CC(C)Cn1c(SCC(=O)NCc2ccccc2CN2CCOCC2)nnc1-c1ccco1. The topological polar surface area (TPSA) is 85.4 Å². The van der Waals surface area contributed by atoms with Gasteiger partial charge in [0.1, 0.15) is 0 Å². The predicted octanol–water partition coefficient (Wildman–Crippen LogP) is 3.43. The molecule has 1 N–H and O–H groups in total. The molecule has 0 aliphatic carbocycles. The van der Waals surface area contributed by atoms with Crippen LogP contribution >= 0.6 is 11.8 Å². The van der Waals surface area contributed by atoms with E-state index in [1.807, 2.05) is 22.8 Å². The average Bonchev–Trinajstić information content (AvgIpc) is 3.47. The molecule has 176 valence electrons. The molecule has 0 saturated carbocycles. The summed E-state index contributed by atoms with van der Waals surface area (Å²) in [4.78, 5) is 15.0. The van der Waals surface area contributed by atoms with Crippen molar-refractivity contribution in [3.8, 4) is 11.6 Å². The molecule has 8 nitrogen and oxygen atoms in total. The van der Waals surface area contributed by atoms with E-state index in [-0.39, 0.29) is 11.7 Å². The number of nitrogens with zero attached hydrogens (tertiary/aromatic N) is 4. The van der Waals surface area contributed by atoms with Gasteiger partial charge in [0.25, 0.3) is 0 Å². The van der Waals surface area contributed by atoms with Crippen LogP contribution in [-0.4, -0.2) is 57.6 Å². The Balaban J connectivity index is 1.34. The van der Waals surface area contributed by atoms with Gasteiger partial charge in [-0.05, 0) is 29.2 Å². The van der Waals surface area contributed by atoms with E-state index in [9.17, 15) is 4.79 Å². The van der Waals surface area contributed by atoms with Gasteiger partial charge in [0.2, 0.25) is 5.91 Å². The molecule has 1 aliphatic rings. The molecule has 0 spiro atoms. The van der Waals surface area contributed by atoms with E-state index in [1.165, 1.54) is 17.3 Å². The Bertz CT molecular complexity index is 1030. The monoisotopic (exact) mass is 469 g/mol. The van der Waals surface area contributed by atoms with Gasteiger partial charge in [-0.15, -0.1) is 10.2 Å². The minimum atomic E-state index is -0.0279. The molecule has 1 saturated heterocycles. The van der Waals surface area contributed by atoms with Gasteiger partial charge in [0.05, 0.1) is 25.2 Å².